The van der Waals surface area contributed by atoms with Crippen molar-refractivity contribution in [1.82, 2.24) is 15.0 Å². The van der Waals surface area contributed by atoms with Crippen molar-refractivity contribution in [2.45, 2.75) is 0 Å². The molecule has 0 aliphatic rings. The number of anilines is 1. The molecule has 0 saturated carbocycles. The fraction of sp³-hybridized carbons (Fsp3) is 0. The molecule has 5 aromatic rings. The highest BCUT2D eigenvalue weighted by Gasteiger charge is 2.16. The monoisotopic (exact) mass is 537 g/mol. The fourth-order valence-corrected chi connectivity index (χ4v) is 4.00. The molecule has 1 amide bonds. The minimum absolute atomic E-state index is 0.0978. The van der Waals surface area contributed by atoms with Crippen molar-refractivity contribution in [3.05, 3.63) is 131 Å². The molecule has 0 spiro atoms. The van der Waals surface area contributed by atoms with Crippen molar-refractivity contribution in [3.8, 4) is 22.6 Å². The number of halogens is 2. The predicted molar refractivity (Wildman–Crippen MR) is 149 cm³/mol. The molecule has 3 aromatic heterocycles. The maximum absolute atomic E-state index is 15.0. The van der Waals surface area contributed by atoms with Gasteiger partial charge in [-0.1, -0.05) is 24.8 Å². The van der Waals surface area contributed by atoms with Gasteiger partial charge in [-0.25, -0.2) is 8.78 Å². The SMILES string of the molecule is C=C/C(=C\N)c1cc2nccc(Oc3ccc(NC(=O)c4c[nH]cc(-c5ccc(F)cc5)c4=O)cc3F)c2cn1. The van der Waals surface area contributed by atoms with Gasteiger partial charge in [-0.05, 0) is 42.0 Å². The number of hydrogen-bond acceptors (Lipinski definition) is 6. The minimum Gasteiger partial charge on any atom is -0.453 e. The van der Waals surface area contributed by atoms with Crippen molar-refractivity contribution in [1.29, 1.82) is 0 Å². The van der Waals surface area contributed by atoms with E-state index >= 15 is 4.39 Å². The van der Waals surface area contributed by atoms with Gasteiger partial charge in [-0.2, -0.15) is 0 Å². The van der Waals surface area contributed by atoms with E-state index in [4.69, 9.17) is 10.5 Å². The molecule has 0 bridgehead atoms. The number of rotatable bonds is 7. The minimum atomic E-state index is -0.749. The second-order valence-corrected chi connectivity index (χ2v) is 8.54. The van der Waals surface area contributed by atoms with Crippen LogP contribution in [0.2, 0.25) is 0 Å². The van der Waals surface area contributed by atoms with Gasteiger partial charge < -0.3 is 20.8 Å². The Balaban J connectivity index is 1.36. The van der Waals surface area contributed by atoms with E-state index in [-0.39, 0.29) is 22.6 Å². The summed E-state index contributed by atoms with van der Waals surface area (Å²) in [5, 5.41) is 3.06. The van der Waals surface area contributed by atoms with E-state index in [1.807, 2.05) is 0 Å². The summed E-state index contributed by atoms with van der Waals surface area (Å²) in [5.74, 6) is -1.72. The van der Waals surface area contributed by atoms with E-state index in [0.717, 1.165) is 6.07 Å². The van der Waals surface area contributed by atoms with E-state index in [2.05, 4.69) is 26.8 Å². The van der Waals surface area contributed by atoms with Crippen LogP contribution < -0.4 is 21.2 Å². The fourth-order valence-electron chi connectivity index (χ4n) is 4.00. The Morgan fingerprint density at radius 2 is 1.82 bits per heavy atom. The summed E-state index contributed by atoms with van der Waals surface area (Å²) in [6.45, 7) is 3.71. The van der Waals surface area contributed by atoms with E-state index in [9.17, 15) is 14.0 Å². The van der Waals surface area contributed by atoms with Crippen LogP contribution in [-0.2, 0) is 0 Å². The zero-order chi connectivity index (χ0) is 28.2. The maximum Gasteiger partial charge on any atom is 0.261 e. The van der Waals surface area contributed by atoms with Crippen LogP contribution in [0.1, 0.15) is 16.1 Å². The molecule has 3 heterocycles. The van der Waals surface area contributed by atoms with Crippen molar-refractivity contribution >= 4 is 28.1 Å². The smallest absolute Gasteiger partial charge is 0.261 e. The third-order valence-electron chi connectivity index (χ3n) is 6.04. The van der Waals surface area contributed by atoms with E-state index in [1.165, 1.54) is 61.2 Å². The number of nitrogens with one attached hydrogen (secondary N) is 2. The first-order valence-corrected chi connectivity index (χ1v) is 11.9. The zero-order valence-corrected chi connectivity index (χ0v) is 20.8. The molecule has 8 nitrogen and oxygen atoms in total. The summed E-state index contributed by atoms with van der Waals surface area (Å²) in [4.78, 5) is 37.2. The average molecular weight is 538 g/mol. The molecule has 198 valence electrons. The van der Waals surface area contributed by atoms with Gasteiger partial charge in [0.15, 0.2) is 11.6 Å². The second kappa shape index (κ2) is 11.0. The molecule has 4 N–H and O–H groups in total. The lowest BCUT2D eigenvalue weighted by Gasteiger charge is -2.12. The molecule has 5 rings (SSSR count). The Labute approximate surface area is 226 Å². The first kappa shape index (κ1) is 26.0. The highest BCUT2D eigenvalue weighted by molar-refractivity contribution is 6.04. The summed E-state index contributed by atoms with van der Waals surface area (Å²) < 4.78 is 34.1. The van der Waals surface area contributed by atoms with Gasteiger partial charge in [0.1, 0.15) is 17.1 Å². The van der Waals surface area contributed by atoms with Crippen molar-refractivity contribution < 1.29 is 18.3 Å². The molecule has 2 aromatic carbocycles. The molecule has 0 saturated heterocycles. The van der Waals surface area contributed by atoms with Gasteiger partial charge in [-0.15, -0.1) is 0 Å². The molecule has 0 atom stereocenters. The molecule has 40 heavy (non-hydrogen) atoms. The topological polar surface area (TPSA) is 123 Å². The van der Waals surface area contributed by atoms with Crippen LogP contribution in [0.3, 0.4) is 0 Å². The number of pyridine rings is 3. The number of ether oxygens (including phenoxy) is 1. The van der Waals surface area contributed by atoms with Gasteiger partial charge in [0.25, 0.3) is 5.91 Å². The van der Waals surface area contributed by atoms with Gasteiger partial charge in [-0.3, -0.25) is 19.6 Å². The average Bonchev–Trinajstić information content (AvgIpc) is 2.96. The molecule has 10 heteroatoms. The van der Waals surface area contributed by atoms with Crippen molar-refractivity contribution in [2.75, 3.05) is 5.32 Å². The summed E-state index contributed by atoms with van der Waals surface area (Å²) in [6, 6.07) is 12.5. The number of fused-ring (bicyclic) bond motifs is 1. The van der Waals surface area contributed by atoms with Gasteiger partial charge in [0.2, 0.25) is 5.43 Å². The number of amides is 1. The number of benzene rings is 2. The lowest BCUT2D eigenvalue weighted by molar-refractivity contribution is 0.102. The number of nitrogens with zero attached hydrogens (tertiary/aromatic N) is 2. The number of aromatic amines is 1. The van der Waals surface area contributed by atoms with Crippen molar-refractivity contribution in [2.24, 2.45) is 5.73 Å². The second-order valence-electron chi connectivity index (χ2n) is 8.54. The Hall–Kier alpha value is -5.64. The summed E-state index contributed by atoms with van der Waals surface area (Å²) in [5.41, 5.74) is 7.35. The standard InChI is InChI=1S/C30H21F2N5O3/c1-2-17(13-33)25-12-26-22(16-36-25)27(9-10-35-26)40-28-8-7-20(11-24(28)32)37-30(39)23-15-34-14-21(29(23)38)18-3-5-19(31)6-4-18/h2-16H,1,33H2,(H,34,38)(H,37,39)/b17-13+. The molecule has 0 unspecified atom stereocenters. The molecule has 0 fully saturated rings. The Morgan fingerprint density at radius 3 is 2.55 bits per heavy atom. The molecular weight excluding hydrogens is 516 g/mol. The van der Waals surface area contributed by atoms with Crippen LogP contribution >= 0.6 is 0 Å². The highest BCUT2D eigenvalue weighted by Crippen LogP contribution is 2.32. The number of allylic oxidation sites excluding steroid dienone is 2. The van der Waals surface area contributed by atoms with Crippen LogP contribution in [0.5, 0.6) is 11.5 Å². The Kier molecular flexibility index (Phi) is 7.14. The third-order valence-corrected chi connectivity index (χ3v) is 6.04. The predicted octanol–water partition coefficient (Wildman–Crippen LogP) is 5.79. The van der Waals surface area contributed by atoms with E-state index in [0.29, 0.717) is 33.5 Å². The molecule has 0 radical (unpaired) electrons. The van der Waals surface area contributed by atoms with Gasteiger partial charge in [0.05, 0.1) is 16.6 Å². The summed E-state index contributed by atoms with van der Waals surface area (Å²) in [6.07, 6.45) is 8.69. The number of carbonyl (C=O) groups excluding carboxylic acids is 1. The molecule has 0 aliphatic carbocycles. The van der Waals surface area contributed by atoms with Gasteiger partial charge in [0, 0.05) is 53.9 Å². The van der Waals surface area contributed by atoms with Crippen LogP contribution in [0.4, 0.5) is 14.5 Å². The Bertz CT molecular complexity index is 1850. The first-order chi connectivity index (χ1) is 19.4. The molecular formula is C30H21F2N5O3. The number of nitrogens with two attached hydrogens (primary N) is 1. The summed E-state index contributed by atoms with van der Waals surface area (Å²) >= 11 is 0. The quantitative estimate of drug-likeness (QED) is 0.226. The molecule has 0 aliphatic heterocycles. The highest BCUT2D eigenvalue weighted by atomic mass is 19.1. The van der Waals surface area contributed by atoms with E-state index < -0.39 is 23.0 Å². The van der Waals surface area contributed by atoms with Crippen LogP contribution in [0.25, 0.3) is 27.6 Å². The van der Waals surface area contributed by atoms with E-state index in [1.54, 1.807) is 24.4 Å². The normalized spacial score (nSPS) is 11.3. The van der Waals surface area contributed by atoms with Crippen LogP contribution in [0, 0.1) is 11.6 Å². The summed E-state index contributed by atoms with van der Waals surface area (Å²) in [7, 11) is 0. The number of hydrogen-bond donors (Lipinski definition) is 3. The van der Waals surface area contributed by atoms with Gasteiger partial charge >= 0.3 is 0 Å². The number of H-pyrrole nitrogens is 1. The Morgan fingerprint density at radius 1 is 1.02 bits per heavy atom. The van der Waals surface area contributed by atoms with Crippen LogP contribution in [0.15, 0.2) is 103 Å². The van der Waals surface area contributed by atoms with Crippen molar-refractivity contribution in [3.63, 3.8) is 0 Å². The lowest BCUT2D eigenvalue weighted by Crippen LogP contribution is -2.22. The maximum atomic E-state index is 15.0. The first-order valence-electron chi connectivity index (χ1n) is 11.9. The number of carbonyl (C=O) groups is 1. The van der Waals surface area contributed by atoms with Crippen LogP contribution in [-0.4, -0.2) is 20.9 Å². The third kappa shape index (κ3) is 5.18. The largest absolute Gasteiger partial charge is 0.453 e. The lowest BCUT2D eigenvalue weighted by atomic mass is 10.0. The number of aromatic nitrogens is 3. The zero-order valence-electron chi connectivity index (χ0n) is 20.8.